The number of carbonyl (C=O) groups is 2. The molecule has 0 heterocycles. The largest absolute Gasteiger partial charge is 0.395 e. The minimum Gasteiger partial charge on any atom is -0.395 e. The Morgan fingerprint density at radius 2 is 1.38 bits per heavy atom. The Labute approximate surface area is 178 Å². The van der Waals surface area contributed by atoms with Crippen molar-refractivity contribution in [1.29, 1.82) is 0 Å². The molecule has 0 aromatic carbocycles. The average Bonchev–Trinajstić information content (AvgIpc) is 2.60. The lowest BCUT2D eigenvalue weighted by Gasteiger charge is -2.15. The van der Waals surface area contributed by atoms with Crippen LogP contribution in [0, 0.1) is 0 Å². The molecule has 0 fully saturated rings. The van der Waals surface area contributed by atoms with E-state index in [9.17, 15) is 9.59 Å². The van der Waals surface area contributed by atoms with Crippen LogP contribution in [0.2, 0.25) is 0 Å². The predicted octanol–water partition coefficient (Wildman–Crippen LogP) is -0.864. The molecule has 0 unspecified atom stereocenters. The second-order valence-corrected chi connectivity index (χ2v) is 6.95. The van der Waals surface area contributed by atoms with Crippen molar-refractivity contribution in [3.63, 3.8) is 0 Å². The van der Waals surface area contributed by atoms with E-state index in [-0.39, 0.29) is 55.3 Å². The third-order valence-corrected chi connectivity index (χ3v) is 2.87. The maximum Gasteiger partial charge on any atom is 0.218 e. The normalized spacial score (nSPS) is 14.3. The van der Waals surface area contributed by atoms with Gasteiger partial charge in [-0.15, -0.1) is 0 Å². The SMILES string of the molecule is CC(=O)Cl.CC(=O)N[C@H](CO)COCC[C@@H](C)O.C[C@@H](O)CCOC[C@H](N)CO. The Morgan fingerprint density at radius 3 is 1.69 bits per heavy atom. The zero-order valence-corrected chi connectivity index (χ0v) is 18.6. The number of carbonyl (C=O) groups excluding carboxylic acids is 2. The van der Waals surface area contributed by atoms with E-state index in [4.69, 9.17) is 35.6 Å². The van der Waals surface area contributed by atoms with Crippen molar-refractivity contribution in [1.82, 2.24) is 5.32 Å². The molecule has 29 heavy (non-hydrogen) atoms. The molecular weight excluding hydrogens is 408 g/mol. The van der Waals surface area contributed by atoms with Gasteiger partial charge in [0, 0.05) is 27.1 Å². The predicted molar refractivity (Wildman–Crippen MR) is 111 cm³/mol. The van der Waals surface area contributed by atoms with Crippen LogP contribution in [0.3, 0.4) is 0 Å². The maximum atomic E-state index is 10.6. The smallest absolute Gasteiger partial charge is 0.218 e. The van der Waals surface area contributed by atoms with Crippen LogP contribution in [0.25, 0.3) is 0 Å². The molecule has 0 radical (unpaired) electrons. The summed E-state index contributed by atoms with van der Waals surface area (Å²) in [6.45, 7) is 7.39. The van der Waals surface area contributed by atoms with Gasteiger partial charge in [-0.2, -0.15) is 0 Å². The standard InChI is InChI=1S/C9H19NO4.C7H17NO3.C2H3ClO/c1-7(12)3-4-14-6-9(5-11)10-8(2)13;1-6(10)2-3-11-5-7(8)4-9;1-2(3)4/h7,9,11-12H,3-6H2,1-2H3,(H,10,13);6-7,9-10H,2-5,8H2,1H3;1H3/t7-,9-;6-,7-;/m11./s1. The first-order chi connectivity index (χ1) is 13.5. The average molecular weight is 447 g/mol. The minimum atomic E-state index is -0.386. The highest BCUT2D eigenvalue weighted by Gasteiger charge is 2.08. The van der Waals surface area contributed by atoms with Crippen LogP contribution in [0.5, 0.6) is 0 Å². The van der Waals surface area contributed by atoms with Crippen molar-refractivity contribution in [3.05, 3.63) is 0 Å². The number of amides is 1. The Balaban J connectivity index is -0.000000401. The number of aliphatic hydroxyl groups excluding tert-OH is 4. The summed E-state index contributed by atoms with van der Waals surface area (Å²) in [7, 11) is 0. The van der Waals surface area contributed by atoms with E-state index in [2.05, 4.69) is 16.9 Å². The van der Waals surface area contributed by atoms with Crippen LogP contribution < -0.4 is 11.1 Å². The number of hydrogen-bond acceptors (Lipinski definition) is 9. The molecule has 0 rings (SSSR count). The zero-order valence-electron chi connectivity index (χ0n) is 17.8. The summed E-state index contributed by atoms with van der Waals surface area (Å²) in [5.74, 6) is -0.192. The summed E-state index contributed by atoms with van der Waals surface area (Å²) >= 11 is 4.64. The number of nitrogens with two attached hydrogens (primary N) is 1. The highest BCUT2D eigenvalue weighted by molar-refractivity contribution is 6.62. The van der Waals surface area contributed by atoms with E-state index in [1.165, 1.54) is 13.8 Å². The van der Waals surface area contributed by atoms with Crippen molar-refractivity contribution >= 4 is 22.8 Å². The van der Waals surface area contributed by atoms with Gasteiger partial charge in [0.2, 0.25) is 11.1 Å². The first-order valence-corrected chi connectivity index (χ1v) is 9.75. The Hall–Kier alpha value is -0.850. The van der Waals surface area contributed by atoms with Gasteiger partial charge in [0.05, 0.1) is 50.7 Å². The second-order valence-electron chi connectivity index (χ2n) is 6.42. The lowest BCUT2D eigenvalue weighted by molar-refractivity contribution is -0.120. The quantitative estimate of drug-likeness (QED) is 0.155. The minimum absolute atomic E-state index is 0.0608. The van der Waals surface area contributed by atoms with E-state index in [1.54, 1.807) is 13.8 Å². The fourth-order valence-corrected chi connectivity index (χ4v) is 1.45. The lowest BCUT2D eigenvalue weighted by Crippen LogP contribution is -2.39. The van der Waals surface area contributed by atoms with Crippen molar-refractivity contribution in [3.8, 4) is 0 Å². The molecule has 0 saturated heterocycles. The summed E-state index contributed by atoms with van der Waals surface area (Å²) in [6.07, 6.45) is 0.444. The van der Waals surface area contributed by atoms with Gasteiger partial charge in [0.15, 0.2) is 0 Å². The van der Waals surface area contributed by atoms with Crippen molar-refractivity contribution in [2.75, 3.05) is 39.6 Å². The number of rotatable bonds is 13. The summed E-state index contributed by atoms with van der Waals surface area (Å²) in [5, 5.41) is 37.2. The molecule has 0 aliphatic rings. The monoisotopic (exact) mass is 446 g/mol. The molecule has 0 aromatic rings. The third-order valence-electron chi connectivity index (χ3n) is 2.87. The number of ether oxygens (including phenoxy) is 2. The van der Waals surface area contributed by atoms with E-state index in [0.29, 0.717) is 32.7 Å². The molecule has 0 bridgehead atoms. The Morgan fingerprint density at radius 1 is 0.966 bits per heavy atom. The van der Waals surface area contributed by atoms with Crippen LogP contribution in [0.4, 0.5) is 0 Å². The van der Waals surface area contributed by atoms with Crippen molar-refractivity contribution < 1.29 is 39.5 Å². The van der Waals surface area contributed by atoms with Crippen LogP contribution in [0.1, 0.15) is 40.5 Å². The summed E-state index contributed by atoms with van der Waals surface area (Å²) < 4.78 is 10.2. The maximum absolute atomic E-state index is 10.6. The number of nitrogens with one attached hydrogen (secondary N) is 1. The first kappa shape index (κ1) is 32.8. The number of halogens is 1. The first-order valence-electron chi connectivity index (χ1n) is 9.38. The molecule has 0 spiro atoms. The Bertz CT molecular complexity index is 383. The number of aliphatic hydroxyl groups is 4. The summed E-state index contributed by atoms with van der Waals surface area (Å²) in [6, 6.07) is -0.662. The molecule has 10 nitrogen and oxygen atoms in total. The van der Waals surface area contributed by atoms with Gasteiger partial charge in [-0.1, -0.05) is 0 Å². The molecule has 176 valence electrons. The third kappa shape index (κ3) is 38.4. The van der Waals surface area contributed by atoms with E-state index in [0.717, 1.165) is 0 Å². The molecule has 0 aromatic heterocycles. The van der Waals surface area contributed by atoms with Crippen LogP contribution in [-0.2, 0) is 19.1 Å². The van der Waals surface area contributed by atoms with E-state index < -0.39 is 0 Å². The lowest BCUT2D eigenvalue weighted by atomic mass is 10.3. The van der Waals surface area contributed by atoms with Gasteiger partial charge >= 0.3 is 0 Å². The summed E-state index contributed by atoms with van der Waals surface area (Å²) in [5.41, 5.74) is 5.35. The van der Waals surface area contributed by atoms with Gasteiger partial charge in [-0.3, -0.25) is 9.59 Å². The fraction of sp³-hybridized carbons (Fsp3) is 0.889. The van der Waals surface area contributed by atoms with Gasteiger partial charge < -0.3 is 41.0 Å². The highest BCUT2D eigenvalue weighted by Crippen LogP contribution is 1.92. The molecule has 4 atom stereocenters. The Kier molecular flexibility index (Phi) is 26.5. The van der Waals surface area contributed by atoms with Crippen LogP contribution in [-0.4, -0.2) is 95.5 Å². The fourth-order valence-electron chi connectivity index (χ4n) is 1.45. The molecule has 7 N–H and O–H groups in total. The number of hydrogen-bond donors (Lipinski definition) is 6. The van der Waals surface area contributed by atoms with E-state index >= 15 is 0 Å². The molecule has 11 heteroatoms. The van der Waals surface area contributed by atoms with Crippen LogP contribution >= 0.6 is 11.6 Å². The van der Waals surface area contributed by atoms with Gasteiger partial charge in [-0.05, 0) is 38.3 Å². The second kappa shape index (κ2) is 23.4. The molecule has 0 aliphatic carbocycles. The topological polar surface area (TPSA) is 172 Å². The molecular formula is C18H39ClN2O8. The summed E-state index contributed by atoms with van der Waals surface area (Å²) in [4.78, 5) is 19.8. The molecule has 1 amide bonds. The molecule has 0 saturated carbocycles. The highest BCUT2D eigenvalue weighted by atomic mass is 35.5. The van der Waals surface area contributed by atoms with Gasteiger partial charge in [-0.25, -0.2) is 0 Å². The van der Waals surface area contributed by atoms with Gasteiger partial charge in [0.25, 0.3) is 0 Å². The van der Waals surface area contributed by atoms with Crippen molar-refractivity contribution in [2.45, 2.75) is 64.8 Å². The zero-order chi connectivity index (χ0) is 23.2. The van der Waals surface area contributed by atoms with E-state index in [1.807, 2.05) is 0 Å². The van der Waals surface area contributed by atoms with Gasteiger partial charge in [0.1, 0.15) is 0 Å². The molecule has 0 aliphatic heterocycles. The van der Waals surface area contributed by atoms with Crippen molar-refractivity contribution in [2.24, 2.45) is 5.73 Å². The van der Waals surface area contributed by atoms with Crippen LogP contribution in [0.15, 0.2) is 0 Å².